The van der Waals surface area contributed by atoms with Crippen molar-refractivity contribution in [2.45, 2.75) is 104 Å². The molecule has 258 valence electrons. The van der Waals surface area contributed by atoms with E-state index in [0.717, 1.165) is 0 Å². The fourth-order valence-electron chi connectivity index (χ4n) is 4.25. The highest BCUT2D eigenvalue weighted by atomic mass is 16.6. The summed E-state index contributed by atoms with van der Waals surface area (Å²) in [7, 11) is 0. The molecule has 0 bridgehead atoms. The highest BCUT2D eigenvalue weighted by molar-refractivity contribution is 5.99. The smallest absolute Gasteiger partial charge is 0.407 e. The Morgan fingerprint density at radius 1 is 0.804 bits per heavy atom. The van der Waals surface area contributed by atoms with Gasteiger partial charge in [0.25, 0.3) is 0 Å². The Hall–Kier alpha value is -4.40. The molecular weight excluding hydrogens is 598 g/mol. The molecule has 0 aliphatic carbocycles. The minimum atomic E-state index is -1.04. The lowest BCUT2D eigenvalue weighted by atomic mass is 10.0. The predicted molar refractivity (Wildman–Crippen MR) is 172 cm³/mol. The Morgan fingerprint density at radius 3 is 1.93 bits per heavy atom. The van der Waals surface area contributed by atoms with Gasteiger partial charge in [0.1, 0.15) is 23.7 Å². The maximum atomic E-state index is 13.5. The number of primary amides is 1. The van der Waals surface area contributed by atoms with Crippen LogP contribution >= 0.6 is 0 Å². The van der Waals surface area contributed by atoms with Crippen molar-refractivity contribution in [3.63, 3.8) is 0 Å². The summed E-state index contributed by atoms with van der Waals surface area (Å²) >= 11 is 0. The molecule has 0 fully saturated rings. The Morgan fingerprint density at radius 2 is 1.39 bits per heavy atom. The van der Waals surface area contributed by atoms with Crippen LogP contribution in [0.3, 0.4) is 0 Å². The first-order chi connectivity index (χ1) is 21.5. The van der Waals surface area contributed by atoms with Gasteiger partial charge in [-0.1, -0.05) is 26.0 Å². The number of anilines is 1. The van der Waals surface area contributed by atoms with Crippen molar-refractivity contribution in [2.75, 3.05) is 18.4 Å². The number of ether oxygens (including phenoxy) is 1. The number of amides is 7. The summed E-state index contributed by atoms with van der Waals surface area (Å²) in [4.78, 5) is 74.7. The third-order valence-electron chi connectivity index (χ3n) is 6.53. The number of hydrogen-bond acceptors (Lipinski definition) is 8. The average Bonchev–Trinajstić information content (AvgIpc) is 2.95. The van der Waals surface area contributed by atoms with Gasteiger partial charge in [-0.2, -0.15) is 0 Å². The second-order valence-corrected chi connectivity index (χ2v) is 12.2. The van der Waals surface area contributed by atoms with Gasteiger partial charge in [0.15, 0.2) is 0 Å². The van der Waals surface area contributed by atoms with Gasteiger partial charge in [-0.3, -0.25) is 19.2 Å². The van der Waals surface area contributed by atoms with Crippen molar-refractivity contribution in [1.82, 2.24) is 26.6 Å². The Labute approximate surface area is 270 Å². The quantitative estimate of drug-likeness (QED) is 0.108. The predicted octanol–water partition coefficient (Wildman–Crippen LogP) is 1.39. The molecule has 0 aliphatic heterocycles. The molecule has 46 heavy (non-hydrogen) atoms. The second kappa shape index (κ2) is 19.9. The molecule has 0 saturated heterocycles. The molecule has 1 aromatic carbocycles. The van der Waals surface area contributed by atoms with Crippen molar-refractivity contribution in [3.8, 4) is 0 Å². The van der Waals surface area contributed by atoms with E-state index in [0.29, 0.717) is 37.1 Å². The zero-order valence-corrected chi connectivity index (χ0v) is 27.7. The molecule has 0 aromatic heterocycles. The number of benzene rings is 1. The molecule has 7 amide bonds. The second-order valence-electron chi connectivity index (χ2n) is 12.2. The first kappa shape index (κ1) is 39.6. The van der Waals surface area contributed by atoms with Gasteiger partial charge in [0.2, 0.25) is 23.6 Å². The Kier molecular flexibility index (Phi) is 17.1. The third-order valence-corrected chi connectivity index (χ3v) is 6.53. The molecule has 0 aliphatic rings. The van der Waals surface area contributed by atoms with E-state index < -0.39 is 59.5 Å². The average molecular weight is 650 g/mol. The Balaban J connectivity index is 2.92. The topological polar surface area (TPSA) is 230 Å². The number of hydrogen-bond donors (Lipinski definition) is 8. The van der Waals surface area contributed by atoms with E-state index in [9.17, 15) is 33.9 Å². The fraction of sp³-hybridized carbons (Fsp3) is 0.613. The summed E-state index contributed by atoms with van der Waals surface area (Å²) in [6.07, 6.45) is 1.16. The lowest BCUT2D eigenvalue weighted by Crippen LogP contribution is -2.57. The SMILES string of the molecule is CC(=O)N[C@@H](CCCCNC(=O)OC(C)(C)C)C(=O)N[C@H](C(=O)N[C@@H](CCCNC(N)=O)C(=O)Nc1ccc(CO)cc1)C(C)C. The molecule has 0 radical (unpaired) electrons. The highest BCUT2D eigenvalue weighted by Crippen LogP contribution is 2.13. The minimum absolute atomic E-state index is 0.150. The van der Waals surface area contributed by atoms with E-state index in [2.05, 4.69) is 31.9 Å². The molecule has 0 unspecified atom stereocenters. The van der Waals surface area contributed by atoms with Crippen LogP contribution in [0.2, 0.25) is 0 Å². The van der Waals surface area contributed by atoms with Gasteiger partial charge >= 0.3 is 12.1 Å². The normalized spacial score (nSPS) is 13.0. The molecule has 1 aromatic rings. The summed E-state index contributed by atoms with van der Waals surface area (Å²) in [5.74, 6) is -2.50. The molecule has 3 atom stereocenters. The maximum absolute atomic E-state index is 13.5. The number of unbranched alkanes of at least 4 members (excludes halogenated alkanes) is 1. The van der Waals surface area contributed by atoms with Crippen molar-refractivity contribution in [1.29, 1.82) is 0 Å². The molecule has 0 saturated carbocycles. The van der Waals surface area contributed by atoms with Crippen molar-refractivity contribution in [2.24, 2.45) is 11.7 Å². The van der Waals surface area contributed by atoms with Gasteiger partial charge < -0.3 is 47.5 Å². The molecular formula is C31H51N7O8. The highest BCUT2D eigenvalue weighted by Gasteiger charge is 2.31. The minimum Gasteiger partial charge on any atom is -0.444 e. The number of aliphatic hydroxyl groups excluding tert-OH is 1. The van der Waals surface area contributed by atoms with Crippen LogP contribution in [0.1, 0.15) is 79.2 Å². The van der Waals surface area contributed by atoms with Gasteiger partial charge in [-0.25, -0.2) is 9.59 Å². The fourth-order valence-corrected chi connectivity index (χ4v) is 4.25. The van der Waals surface area contributed by atoms with Crippen molar-refractivity contribution in [3.05, 3.63) is 29.8 Å². The van der Waals surface area contributed by atoms with E-state index in [-0.39, 0.29) is 31.9 Å². The number of alkyl carbamates (subject to hydrolysis) is 1. The number of carbonyl (C=O) groups is 6. The van der Waals surface area contributed by atoms with Crippen LogP contribution < -0.4 is 37.6 Å². The molecule has 9 N–H and O–H groups in total. The van der Waals surface area contributed by atoms with Gasteiger partial charge in [0.05, 0.1) is 6.61 Å². The van der Waals surface area contributed by atoms with E-state index in [1.807, 2.05) is 0 Å². The number of nitrogens with one attached hydrogen (secondary N) is 6. The molecule has 0 spiro atoms. The summed E-state index contributed by atoms with van der Waals surface area (Å²) in [5, 5.41) is 25.1. The summed E-state index contributed by atoms with van der Waals surface area (Å²) in [6.45, 7) is 10.3. The van der Waals surface area contributed by atoms with Crippen LogP contribution in [-0.4, -0.2) is 77.7 Å². The summed E-state index contributed by atoms with van der Waals surface area (Å²) < 4.78 is 5.20. The van der Waals surface area contributed by atoms with E-state index >= 15 is 0 Å². The van der Waals surface area contributed by atoms with Gasteiger partial charge in [0, 0.05) is 25.7 Å². The van der Waals surface area contributed by atoms with E-state index in [1.54, 1.807) is 58.9 Å². The van der Waals surface area contributed by atoms with Crippen LogP contribution in [0.15, 0.2) is 24.3 Å². The first-order valence-electron chi connectivity index (χ1n) is 15.4. The zero-order valence-electron chi connectivity index (χ0n) is 27.7. The number of carbonyl (C=O) groups excluding carboxylic acids is 6. The molecule has 1 rings (SSSR count). The monoisotopic (exact) mass is 649 g/mol. The van der Waals surface area contributed by atoms with Crippen LogP contribution in [0, 0.1) is 5.92 Å². The van der Waals surface area contributed by atoms with Gasteiger partial charge in [-0.05, 0) is 76.5 Å². The lowest BCUT2D eigenvalue weighted by Gasteiger charge is -2.27. The standard InChI is InChI=1S/C31H51N7O8/c1-19(2)25(38-27(42)23(35-20(3)40)10-7-8-16-34-30(45)46-31(4,5)6)28(43)37-24(11-9-17-33-29(32)44)26(41)36-22-14-12-21(18-39)13-15-22/h12-15,19,23-25,39H,7-11,16-18H2,1-6H3,(H,34,45)(H,35,40)(H,36,41)(H,37,43)(H,38,42)(H3,32,33,44)/t23-,24-,25-/m0/s1. The largest absolute Gasteiger partial charge is 0.444 e. The first-order valence-corrected chi connectivity index (χ1v) is 15.4. The summed E-state index contributed by atoms with van der Waals surface area (Å²) in [6, 6.07) is 2.80. The molecule has 15 nitrogen and oxygen atoms in total. The Bertz CT molecular complexity index is 1170. The van der Waals surface area contributed by atoms with Crippen molar-refractivity contribution >= 4 is 41.4 Å². The number of aliphatic hydroxyl groups is 1. The molecule has 0 heterocycles. The number of rotatable bonds is 18. The maximum Gasteiger partial charge on any atom is 0.407 e. The van der Waals surface area contributed by atoms with Crippen LogP contribution in [0.4, 0.5) is 15.3 Å². The third kappa shape index (κ3) is 16.6. The number of nitrogens with two attached hydrogens (primary N) is 1. The number of urea groups is 1. The summed E-state index contributed by atoms with van der Waals surface area (Å²) in [5.41, 5.74) is 5.60. The van der Waals surface area contributed by atoms with E-state index in [4.69, 9.17) is 10.5 Å². The van der Waals surface area contributed by atoms with Crippen molar-refractivity contribution < 1.29 is 38.6 Å². The van der Waals surface area contributed by atoms with Crippen LogP contribution in [0.5, 0.6) is 0 Å². The van der Waals surface area contributed by atoms with Gasteiger partial charge in [-0.15, -0.1) is 0 Å². The van der Waals surface area contributed by atoms with E-state index in [1.165, 1.54) is 6.92 Å². The zero-order chi connectivity index (χ0) is 34.9. The lowest BCUT2D eigenvalue weighted by molar-refractivity contribution is -0.133. The van der Waals surface area contributed by atoms with Crippen LogP contribution in [-0.2, 0) is 30.5 Å². The molecule has 15 heteroatoms. The van der Waals surface area contributed by atoms with Crippen LogP contribution in [0.25, 0.3) is 0 Å².